The Bertz CT molecular complexity index is 107. The second kappa shape index (κ2) is 2.60. The number of halogens is 1. The molecule has 0 saturated heterocycles. The lowest BCUT2D eigenvalue weighted by molar-refractivity contribution is -0.186. The van der Waals surface area contributed by atoms with Crippen molar-refractivity contribution in [3.05, 3.63) is 0 Å². The fourth-order valence-electron chi connectivity index (χ4n) is 0.436. The fourth-order valence-corrected chi connectivity index (χ4v) is 1.31. The Labute approximate surface area is 48.3 Å². The molecule has 1 atom stereocenters. The Morgan fingerprint density at radius 1 is 1.75 bits per heavy atom. The summed E-state index contributed by atoms with van der Waals surface area (Å²) in [4.78, 5) is 9.80. The molecule has 0 saturated carbocycles. The first kappa shape index (κ1) is 8.12. The van der Waals surface area contributed by atoms with Gasteiger partial charge in [0.15, 0.2) is 7.68 Å². The van der Waals surface area contributed by atoms with Crippen LogP contribution < -0.4 is 4.89 Å². The topological polar surface area (TPSA) is 40.1 Å². The lowest BCUT2D eigenvalue weighted by atomic mass is 10.3. The zero-order valence-corrected chi connectivity index (χ0v) is 5.82. The van der Waals surface area contributed by atoms with E-state index in [0.717, 1.165) is 0 Å². The van der Waals surface area contributed by atoms with E-state index in [1.807, 2.05) is 0 Å². The number of hydrogen-bond donors (Lipinski definition) is 0. The van der Waals surface area contributed by atoms with Crippen molar-refractivity contribution in [2.24, 2.45) is 5.92 Å². The zero-order valence-electron chi connectivity index (χ0n) is 4.93. The highest BCUT2D eigenvalue weighted by Gasteiger charge is 2.06. The molecule has 0 aliphatic carbocycles. The smallest absolute Gasteiger partial charge is 0.181 e. The van der Waals surface area contributed by atoms with Gasteiger partial charge >= 0.3 is 0 Å². The lowest BCUT2D eigenvalue weighted by Crippen LogP contribution is -2.04. The molecule has 8 heavy (non-hydrogen) atoms. The van der Waals surface area contributed by atoms with Crippen molar-refractivity contribution in [1.29, 1.82) is 0 Å². The molecule has 0 amide bonds. The van der Waals surface area contributed by atoms with Gasteiger partial charge in [-0.1, -0.05) is 13.8 Å². The molecular formula is C4H9FO2P-. The maximum Gasteiger partial charge on any atom is 0.181 e. The van der Waals surface area contributed by atoms with Crippen LogP contribution in [0.1, 0.15) is 13.8 Å². The van der Waals surface area contributed by atoms with Crippen molar-refractivity contribution in [3.8, 4) is 0 Å². The van der Waals surface area contributed by atoms with Gasteiger partial charge in [0.05, 0.1) is 0 Å². The SMILES string of the molecule is CC(C)CP(=O)([O-])F. The summed E-state index contributed by atoms with van der Waals surface area (Å²) in [6.45, 7) is 3.31. The van der Waals surface area contributed by atoms with E-state index in [1.54, 1.807) is 13.8 Å². The molecule has 0 fully saturated rings. The highest BCUT2D eigenvalue weighted by Crippen LogP contribution is 2.38. The Morgan fingerprint density at radius 3 is 2.12 bits per heavy atom. The third-order valence-electron chi connectivity index (χ3n) is 0.583. The van der Waals surface area contributed by atoms with E-state index in [2.05, 4.69) is 0 Å². The van der Waals surface area contributed by atoms with Gasteiger partial charge < -0.3 is 9.46 Å². The van der Waals surface area contributed by atoms with Gasteiger partial charge in [0.1, 0.15) is 0 Å². The molecule has 0 aromatic rings. The van der Waals surface area contributed by atoms with Crippen LogP contribution in [-0.4, -0.2) is 6.16 Å². The van der Waals surface area contributed by atoms with Crippen LogP contribution in [0.2, 0.25) is 0 Å². The second-order valence-corrected chi connectivity index (χ2v) is 3.71. The van der Waals surface area contributed by atoms with Gasteiger partial charge in [0.2, 0.25) is 0 Å². The quantitative estimate of drug-likeness (QED) is 0.538. The Kier molecular flexibility index (Phi) is 2.64. The molecule has 2 nitrogen and oxygen atoms in total. The minimum Gasteiger partial charge on any atom is -0.775 e. The van der Waals surface area contributed by atoms with Crippen LogP contribution >= 0.6 is 7.68 Å². The van der Waals surface area contributed by atoms with Gasteiger partial charge in [-0.05, 0) is 5.92 Å². The fraction of sp³-hybridized carbons (Fsp3) is 1.00. The van der Waals surface area contributed by atoms with E-state index in [0.29, 0.717) is 0 Å². The van der Waals surface area contributed by atoms with E-state index in [4.69, 9.17) is 0 Å². The van der Waals surface area contributed by atoms with E-state index < -0.39 is 7.68 Å². The molecule has 50 valence electrons. The maximum atomic E-state index is 11.6. The molecule has 0 aromatic heterocycles. The van der Waals surface area contributed by atoms with Gasteiger partial charge in [0, 0.05) is 6.16 Å². The molecule has 0 rings (SSSR count). The first-order chi connectivity index (χ1) is 3.42. The van der Waals surface area contributed by atoms with Gasteiger partial charge in [0.25, 0.3) is 0 Å². The van der Waals surface area contributed by atoms with Crippen LogP contribution in [0, 0.1) is 5.92 Å². The largest absolute Gasteiger partial charge is 0.775 e. The van der Waals surface area contributed by atoms with Gasteiger partial charge in [-0.15, -0.1) is 0 Å². The predicted molar refractivity (Wildman–Crippen MR) is 28.4 cm³/mol. The van der Waals surface area contributed by atoms with Crippen LogP contribution in [0.25, 0.3) is 0 Å². The molecular weight excluding hydrogens is 130 g/mol. The molecule has 4 heteroatoms. The highest BCUT2D eigenvalue weighted by molar-refractivity contribution is 7.50. The summed E-state index contributed by atoms with van der Waals surface area (Å²) in [5.74, 6) is -0.108. The van der Waals surface area contributed by atoms with Crippen LogP contribution in [0.15, 0.2) is 0 Å². The minimum atomic E-state index is -4.47. The summed E-state index contributed by atoms with van der Waals surface area (Å²) in [6.07, 6.45) is -0.340. The number of rotatable bonds is 2. The zero-order chi connectivity index (χ0) is 6.78. The molecule has 0 aromatic carbocycles. The van der Waals surface area contributed by atoms with E-state index in [1.165, 1.54) is 0 Å². The first-order valence-corrected chi connectivity index (χ1v) is 4.11. The summed E-state index contributed by atoms with van der Waals surface area (Å²) in [5.41, 5.74) is 0. The molecule has 0 radical (unpaired) electrons. The van der Waals surface area contributed by atoms with Crippen molar-refractivity contribution in [2.75, 3.05) is 6.16 Å². The Morgan fingerprint density at radius 2 is 2.12 bits per heavy atom. The lowest BCUT2D eigenvalue weighted by Gasteiger charge is -2.13. The third kappa shape index (κ3) is 6.12. The molecule has 0 aliphatic rings. The summed E-state index contributed by atoms with van der Waals surface area (Å²) < 4.78 is 21.4. The number of hydrogen-bond acceptors (Lipinski definition) is 2. The van der Waals surface area contributed by atoms with Crippen LogP contribution in [0.5, 0.6) is 0 Å². The van der Waals surface area contributed by atoms with Crippen molar-refractivity contribution in [3.63, 3.8) is 0 Å². The van der Waals surface area contributed by atoms with Gasteiger partial charge in [-0.3, -0.25) is 0 Å². The predicted octanol–water partition coefficient (Wildman–Crippen LogP) is 1.17. The molecule has 0 N–H and O–H groups in total. The second-order valence-electron chi connectivity index (χ2n) is 2.17. The van der Waals surface area contributed by atoms with Gasteiger partial charge in [-0.2, -0.15) is 0 Å². The summed E-state index contributed by atoms with van der Waals surface area (Å²) in [7, 11) is -4.47. The Hall–Kier alpha value is 0.120. The monoisotopic (exact) mass is 139 g/mol. The normalized spacial score (nSPS) is 18.6. The third-order valence-corrected chi connectivity index (χ3v) is 1.75. The highest BCUT2D eigenvalue weighted by atomic mass is 31.2. The first-order valence-electron chi connectivity index (χ1n) is 2.41. The van der Waals surface area contributed by atoms with Crippen LogP contribution in [0.4, 0.5) is 4.20 Å². The summed E-state index contributed by atoms with van der Waals surface area (Å²) in [5, 5.41) is 0. The molecule has 0 spiro atoms. The molecule has 0 aliphatic heterocycles. The average molecular weight is 139 g/mol. The van der Waals surface area contributed by atoms with Crippen LogP contribution in [0.3, 0.4) is 0 Å². The van der Waals surface area contributed by atoms with Crippen molar-refractivity contribution in [1.82, 2.24) is 0 Å². The summed E-state index contributed by atoms with van der Waals surface area (Å²) in [6, 6.07) is 0. The van der Waals surface area contributed by atoms with Crippen molar-refractivity contribution in [2.45, 2.75) is 13.8 Å². The van der Waals surface area contributed by atoms with Crippen molar-refractivity contribution < 1.29 is 13.7 Å². The Balaban J connectivity index is 3.56. The standard InChI is InChI=1S/C4H10FO2P/c1-4(2)3-8(5,6)7/h4H,3H2,1-2H3,(H,6,7)/p-1. The maximum absolute atomic E-state index is 11.6. The molecule has 0 heterocycles. The minimum absolute atomic E-state index is 0.108. The van der Waals surface area contributed by atoms with Gasteiger partial charge in [-0.25, -0.2) is 4.20 Å². The van der Waals surface area contributed by atoms with E-state index in [-0.39, 0.29) is 12.1 Å². The van der Waals surface area contributed by atoms with Crippen LogP contribution in [-0.2, 0) is 4.57 Å². The van der Waals surface area contributed by atoms with Crippen molar-refractivity contribution >= 4 is 7.68 Å². The van der Waals surface area contributed by atoms with E-state index in [9.17, 15) is 13.7 Å². The molecule has 0 bridgehead atoms. The summed E-state index contributed by atoms with van der Waals surface area (Å²) >= 11 is 0. The van der Waals surface area contributed by atoms with E-state index >= 15 is 0 Å². The molecule has 1 unspecified atom stereocenters. The average Bonchev–Trinajstić information content (AvgIpc) is 1.21.